The first-order valence-electron chi connectivity index (χ1n) is 7.22. The fraction of sp³-hybridized carbons (Fsp3) is 0.786. The number of hydrogen-bond donors (Lipinski definition) is 1. The largest absolute Gasteiger partial charge is 0.369 e. The van der Waals surface area contributed by atoms with E-state index in [0.29, 0.717) is 11.8 Å². The molecular formula is C14H20BrN3. The molecule has 98 valence electrons. The minimum absolute atomic E-state index is 0.678. The monoisotopic (exact) mass is 309 g/mol. The van der Waals surface area contributed by atoms with Crippen molar-refractivity contribution in [2.75, 3.05) is 11.9 Å². The van der Waals surface area contributed by atoms with Crippen molar-refractivity contribution in [2.45, 2.75) is 45.1 Å². The fourth-order valence-corrected chi connectivity index (χ4v) is 4.92. The molecule has 4 atom stereocenters. The molecule has 3 nitrogen and oxygen atoms in total. The second-order valence-corrected chi connectivity index (χ2v) is 7.29. The van der Waals surface area contributed by atoms with E-state index in [1.54, 1.807) is 0 Å². The molecule has 1 N–H and O–H groups in total. The predicted octanol–water partition coefficient (Wildman–Crippen LogP) is 3.61. The van der Waals surface area contributed by atoms with Crippen molar-refractivity contribution in [2.24, 2.45) is 17.8 Å². The van der Waals surface area contributed by atoms with E-state index in [2.05, 4.69) is 32.9 Å². The summed E-state index contributed by atoms with van der Waals surface area (Å²) in [6, 6.07) is 0. The molecule has 0 aromatic carbocycles. The zero-order valence-corrected chi connectivity index (χ0v) is 12.4. The highest BCUT2D eigenvalue weighted by Crippen LogP contribution is 2.54. The van der Waals surface area contributed by atoms with Gasteiger partial charge in [0.1, 0.15) is 5.82 Å². The Morgan fingerprint density at radius 2 is 2.22 bits per heavy atom. The summed E-state index contributed by atoms with van der Waals surface area (Å²) in [5, 5.41) is 8.43. The van der Waals surface area contributed by atoms with E-state index >= 15 is 0 Å². The highest BCUT2D eigenvalue weighted by molar-refractivity contribution is 9.10. The first-order chi connectivity index (χ1) is 8.72. The van der Waals surface area contributed by atoms with Gasteiger partial charge in [-0.2, -0.15) is 5.10 Å². The number of fused-ring (bicyclic) bond motifs is 3. The highest BCUT2D eigenvalue weighted by atomic mass is 79.9. The number of nitrogens with one attached hydrogen (secondary N) is 1. The van der Waals surface area contributed by atoms with E-state index in [4.69, 9.17) is 5.10 Å². The van der Waals surface area contributed by atoms with Crippen molar-refractivity contribution < 1.29 is 0 Å². The van der Waals surface area contributed by atoms with Crippen LogP contribution in [0.5, 0.6) is 0 Å². The summed E-state index contributed by atoms with van der Waals surface area (Å²) in [5.41, 5.74) is 1.33. The molecular weight excluding hydrogens is 290 g/mol. The number of anilines is 1. The molecule has 3 aliphatic rings. The lowest BCUT2D eigenvalue weighted by Gasteiger charge is -2.21. The van der Waals surface area contributed by atoms with Crippen molar-refractivity contribution >= 4 is 21.7 Å². The predicted molar refractivity (Wildman–Crippen MR) is 75.8 cm³/mol. The third-order valence-electron chi connectivity index (χ3n) is 5.11. The molecule has 2 aliphatic carbocycles. The van der Waals surface area contributed by atoms with Crippen LogP contribution in [0.4, 0.5) is 5.82 Å². The number of halogens is 1. The number of aromatic nitrogens is 2. The highest BCUT2D eigenvalue weighted by Gasteiger charge is 2.42. The molecule has 1 aromatic heterocycles. The van der Waals surface area contributed by atoms with Crippen LogP contribution in [0.15, 0.2) is 4.47 Å². The second kappa shape index (κ2) is 3.99. The van der Waals surface area contributed by atoms with Gasteiger partial charge in [0.15, 0.2) is 0 Å². The normalized spacial score (nSPS) is 37.7. The molecule has 0 spiro atoms. The van der Waals surface area contributed by atoms with Gasteiger partial charge in [-0.3, -0.25) is 0 Å². The van der Waals surface area contributed by atoms with E-state index in [9.17, 15) is 0 Å². The van der Waals surface area contributed by atoms with Crippen LogP contribution in [0, 0.1) is 17.8 Å². The van der Waals surface area contributed by atoms with Crippen LogP contribution in [0.3, 0.4) is 0 Å². The molecule has 0 amide bonds. The number of nitrogens with zero attached hydrogens (tertiary/aromatic N) is 2. The van der Waals surface area contributed by atoms with Gasteiger partial charge in [0.05, 0.1) is 10.2 Å². The van der Waals surface area contributed by atoms with Gasteiger partial charge >= 0.3 is 0 Å². The minimum atomic E-state index is 0.678. The van der Waals surface area contributed by atoms with Gasteiger partial charge < -0.3 is 5.32 Å². The molecule has 1 aromatic rings. The van der Waals surface area contributed by atoms with E-state index in [0.717, 1.165) is 24.9 Å². The maximum atomic E-state index is 4.91. The van der Waals surface area contributed by atoms with Gasteiger partial charge in [0.25, 0.3) is 0 Å². The Bertz CT molecular complexity index is 482. The lowest BCUT2D eigenvalue weighted by Crippen LogP contribution is -2.25. The van der Waals surface area contributed by atoms with Crippen molar-refractivity contribution in [1.29, 1.82) is 0 Å². The summed E-state index contributed by atoms with van der Waals surface area (Å²) < 4.78 is 3.42. The van der Waals surface area contributed by atoms with Crippen LogP contribution in [0.2, 0.25) is 0 Å². The van der Waals surface area contributed by atoms with Crippen molar-refractivity contribution in [3.63, 3.8) is 0 Å². The maximum absolute atomic E-state index is 4.91. The van der Waals surface area contributed by atoms with Gasteiger partial charge in [-0.05, 0) is 52.9 Å². The van der Waals surface area contributed by atoms with Gasteiger partial charge in [-0.25, -0.2) is 4.68 Å². The maximum Gasteiger partial charge on any atom is 0.139 e. The average Bonchev–Trinajstić information content (AvgIpc) is 3.03. The topological polar surface area (TPSA) is 29.9 Å². The Morgan fingerprint density at radius 3 is 2.94 bits per heavy atom. The Hall–Kier alpha value is -0.510. The first-order valence-corrected chi connectivity index (χ1v) is 8.01. The van der Waals surface area contributed by atoms with Crippen molar-refractivity contribution in [1.82, 2.24) is 9.78 Å². The van der Waals surface area contributed by atoms with Gasteiger partial charge in [0.2, 0.25) is 0 Å². The fourth-order valence-electron chi connectivity index (χ4n) is 4.21. The molecule has 18 heavy (non-hydrogen) atoms. The third kappa shape index (κ3) is 1.57. The smallest absolute Gasteiger partial charge is 0.139 e. The summed E-state index contributed by atoms with van der Waals surface area (Å²) in [7, 11) is 0. The van der Waals surface area contributed by atoms with Crippen LogP contribution in [0.25, 0.3) is 0 Å². The molecule has 2 heterocycles. The zero-order chi connectivity index (χ0) is 12.3. The van der Waals surface area contributed by atoms with E-state index in [1.807, 2.05) is 0 Å². The summed E-state index contributed by atoms with van der Waals surface area (Å²) >= 11 is 3.79. The molecule has 4 unspecified atom stereocenters. The first kappa shape index (κ1) is 11.3. The molecule has 2 bridgehead atoms. The Balaban J connectivity index is 1.69. The molecule has 0 radical (unpaired) electrons. The molecule has 1 aliphatic heterocycles. The standard InChI is InChI=1S/C14H20BrN3/c1-8-6-16-14-12(15)13(17-18(14)7-8)11-5-9-2-3-10(11)4-9/h8-11,16H,2-7H2,1H3. The molecule has 2 fully saturated rings. The van der Waals surface area contributed by atoms with Gasteiger partial charge in [-0.15, -0.1) is 0 Å². The molecule has 0 saturated heterocycles. The van der Waals surface area contributed by atoms with Crippen molar-refractivity contribution in [3.05, 3.63) is 10.2 Å². The summed E-state index contributed by atoms with van der Waals surface area (Å²) in [4.78, 5) is 0. The molecule has 4 rings (SSSR count). The SMILES string of the molecule is CC1CNc2c(Br)c(C3CC4CCC3C4)nn2C1. The summed E-state index contributed by atoms with van der Waals surface area (Å²) in [6.45, 7) is 4.41. The van der Waals surface area contributed by atoms with E-state index in [-0.39, 0.29) is 0 Å². The average molecular weight is 310 g/mol. The number of rotatable bonds is 1. The Kier molecular flexibility index (Phi) is 2.51. The van der Waals surface area contributed by atoms with Crippen molar-refractivity contribution in [3.8, 4) is 0 Å². The lowest BCUT2D eigenvalue weighted by atomic mass is 9.86. The van der Waals surface area contributed by atoms with E-state index < -0.39 is 0 Å². The van der Waals surface area contributed by atoms with Gasteiger partial charge in [-0.1, -0.05) is 13.3 Å². The van der Waals surface area contributed by atoms with Crippen LogP contribution in [0.1, 0.15) is 44.2 Å². The Morgan fingerprint density at radius 1 is 1.33 bits per heavy atom. The minimum Gasteiger partial charge on any atom is -0.369 e. The van der Waals surface area contributed by atoms with Crippen LogP contribution in [-0.2, 0) is 6.54 Å². The van der Waals surface area contributed by atoms with Crippen LogP contribution < -0.4 is 5.32 Å². The summed E-state index contributed by atoms with van der Waals surface area (Å²) in [5.74, 6) is 4.49. The third-order valence-corrected chi connectivity index (χ3v) is 5.89. The quantitative estimate of drug-likeness (QED) is 0.859. The second-order valence-electron chi connectivity index (χ2n) is 6.50. The van der Waals surface area contributed by atoms with Gasteiger partial charge in [0, 0.05) is 19.0 Å². The summed E-state index contributed by atoms with van der Waals surface area (Å²) in [6.07, 6.45) is 5.70. The van der Waals surface area contributed by atoms with E-state index in [1.165, 1.54) is 41.7 Å². The van der Waals surface area contributed by atoms with Crippen LogP contribution in [-0.4, -0.2) is 16.3 Å². The number of hydrogen-bond acceptors (Lipinski definition) is 2. The Labute approximate surface area is 116 Å². The lowest BCUT2D eigenvalue weighted by molar-refractivity contribution is 0.399. The molecule has 2 saturated carbocycles. The zero-order valence-electron chi connectivity index (χ0n) is 10.8. The molecule has 4 heteroatoms. The van der Waals surface area contributed by atoms with Crippen LogP contribution >= 0.6 is 15.9 Å².